The third-order valence-electron chi connectivity index (χ3n) is 3.28. The van der Waals surface area contributed by atoms with E-state index in [1.54, 1.807) is 11.0 Å². The van der Waals surface area contributed by atoms with E-state index >= 15 is 0 Å². The van der Waals surface area contributed by atoms with Crippen molar-refractivity contribution in [3.05, 3.63) is 43.2 Å². The standard InChI is InChI=1S/C16H21N5O/c1-4-6-13(5-2)18-16(22)19-14-9-7-12(8-10-14)15-17-11-21(3)20-15/h4,7-11,13H,1,5-6H2,2-3H3,(H2,18,19,22). The fourth-order valence-electron chi connectivity index (χ4n) is 2.06. The van der Waals surface area contributed by atoms with Crippen LogP contribution in [0.15, 0.2) is 43.2 Å². The fraction of sp³-hybridized carbons (Fsp3) is 0.312. The Labute approximate surface area is 130 Å². The first-order valence-electron chi connectivity index (χ1n) is 7.27. The van der Waals surface area contributed by atoms with Gasteiger partial charge in [-0.2, -0.15) is 5.10 Å². The minimum Gasteiger partial charge on any atom is -0.335 e. The van der Waals surface area contributed by atoms with Crippen LogP contribution in [-0.2, 0) is 7.05 Å². The van der Waals surface area contributed by atoms with Crippen molar-refractivity contribution in [3.63, 3.8) is 0 Å². The van der Waals surface area contributed by atoms with Gasteiger partial charge in [-0.05, 0) is 37.1 Å². The number of benzene rings is 1. The Kier molecular flexibility index (Phi) is 5.30. The lowest BCUT2D eigenvalue weighted by Crippen LogP contribution is -2.37. The monoisotopic (exact) mass is 299 g/mol. The molecule has 0 saturated heterocycles. The van der Waals surface area contributed by atoms with E-state index in [-0.39, 0.29) is 12.1 Å². The molecule has 6 nitrogen and oxygen atoms in total. The van der Waals surface area contributed by atoms with E-state index in [1.165, 1.54) is 0 Å². The highest BCUT2D eigenvalue weighted by Gasteiger charge is 2.09. The summed E-state index contributed by atoms with van der Waals surface area (Å²) in [5.41, 5.74) is 1.63. The summed E-state index contributed by atoms with van der Waals surface area (Å²) in [7, 11) is 1.82. The second kappa shape index (κ2) is 7.40. The molecule has 0 aliphatic carbocycles. The number of nitrogens with zero attached hydrogens (tertiary/aromatic N) is 3. The summed E-state index contributed by atoms with van der Waals surface area (Å²) in [5, 5.41) is 9.97. The number of urea groups is 1. The number of nitrogens with one attached hydrogen (secondary N) is 2. The molecule has 0 fully saturated rings. The maximum atomic E-state index is 11.9. The highest BCUT2D eigenvalue weighted by molar-refractivity contribution is 5.89. The topological polar surface area (TPSA) is 71.8 Å². The largest absolute Gasteiger partial charge is 0.335 e. The zero-order valence-electron chi connectivity index (χ0n) is 12.9. The molecule has 0 saturated carbocycles. The van der Waals surface area contributed by atoms with Gasteiger partial charge in [0, 0.05) is 24.3 Å². The number of hydrogen-bond donors (Lipinski definition) is 2. The molecule has 0 radical (unpaired) electrons. The zero-order chi connectivity index (χ0) is 15.9. The van der Waals surface area contributed by atoms with Crippen LogP contribution in [0, 0.1) is 0 Å². The predicted molar refractivity (Wildman–Crippen MR) is 87.5 cm³/mol. The van der Waals surface area contributed by atoms with Crippen LogP contribution in [0.25, 0.3) is 11.4 Å². The lowest BCUT2D eigenvalue weighted by atomic mass is 10.1. The van der Waals surface area contributed by atoms with E-state index in [0.717, 1.165) is 24.1 Å². The van der Waals surface area contributed by atoms with E-state index in [9.17, 15) is 4.79 Å². The van der Waals surface area contributed by atoms with Gasteiger partial charge in [-0.25, -0.2) is 9.78 Å². The molecule has 2 aromatic rings. The molecule has 0 aliphatic rings. The summed E-state index contributed by atoms with van der Waals surface area (Å²) in [6.45, 7) is 5.73. The molecule has 1 unspecified atom stereocenters. The minimum absolute atomic E-state index is 0.106. The molecular formula is C16H21N5O. The molecule has 2 N–H and O–H groups in total. The molecule has 1 aromatic carbocycles. The number of carbonyl (C=O) groups is 1. The first-order valence-corrected chi connectivity index (χ1v) is 7.27. The summed E-state index contributed by atoms with van der Waals surface area (Å²) in [6.07, 6.45) is 5.08. The number of rotatable bonds is 6. The van der Waals surface area contributed by atoms with Crippen molar-refractivity contribution in [2.75, 3.05) is 5.32 Å². The van der Waals surface area contributed by atoms with Crippen molar-refractivity contribution in [1.82, 2.24) is 20.1 Å². The first-order chi connectivity index (χ1) is 10.6. The maximum absolute atomic E-state index is 11.9. The second-order valence-electron chi connectivity index (χ2n) is 5.05. The Morgan fingerprint density at radius 3 is 2.68 bits per heavy atom. The van der Waals surface area contributed by atoms with Gasteiger partial charge in [0.2, 0.25) is 0 Å². The molecule has 2 amide bonds. The Morgan fingerprint density at radius 2 is 2.14 bits per heavy atom. The van der Waals surface area contributed by atoms with Crippen molar-refractivity contribution in [3.8, 4) is 11.4 Å². The zero-order valence-corrected chi connectivity index (χ0v) is 12.9. The van der Waals surface area contributed by atoms with Crippen LogP contribution >= 0.6 is 0 Å². The van der Waals surface area contributed by atoms with Gasteiger partial charge in [0.05, 0.1) is 0 Å². The average Bonchev–Trinajstić information content (AvgIpc) is 2.94. The smallest absolute Gasteiger partial charge is 0.319 e. The predicted octanol–water partition coefficient (Wildman–Crippen LogP) is 2.96. The SMILES string of the molecule is C=CCC(CC)NC(=O)Nc1ccc(-c2ncn(C)n2)cc1. The van der Waals surface area contributed by atoms with Crippen molar-refractivity contribution >= 4 is 11.7 Å². The molecule has 0 bridgehead atoms. The number of amides is 2. The summed E-state index contributed by atoms with van der Waals surface area (Å²) in [4.78, 5) is 16.1. The highest BCUT2D eigenvalue weighted by Crippen LogP contribution is 2.17. The maximum Gasteiger partial charge on any atom is 0.319 e. The number of hydrogen-bond acceptors (Lipinski definition) is 3. The molecule has 116 valence electrons. The summed E-state index contributed by atoms with van der Waals surface area (Å²) < 4.78 is 1.65. The van der Waals surface area contributed by atoms with Crippen LogP contribution in [0.4, 0.5) is 10.5 Å². The number of carbonyl (C=O) groups excluding carboxylic acids is 1. The third kappa shape index (κ3) is 4.18. The Bertz CT molecular complexity index is 632. The van der Waals surface area contributed by atoms with Crippen LogP contribution < -0.4 is 10.6 Å². The number of aromatic nitrogens is 3. The molecule has 0 spiro atoms. The van der Waals surface area contributed by atoms with Crippen molar-refractivity contribution in [2.45, 2.75) is 25.8 Å². The molecular weight excluding hydrogens is 278 g/mol. The highest BCUT2D eigenvalue weighted by atomic mass is 16.2. The van der Waals surface area contributed by atoms with Crippen molar-refractivity contribution in [1.29, 1.82) is 0 Å². The Balaban J connectivity index is 1.96. The fourth-order valence-corrected chi connectivity index (χ4v) is 2.06. The van der Waals surface area contributed by atoms with Gasteiger partial charge in [0.1, 0.15) is 6.33 Å². The number of anilines is 1. The van der Waals surface area contributed by atoms with E-state index in [0.29, 0.717) is 5.82 Å². The van der Waals surface area contributed by atoms with E-state index in [2.05, 4.69) is 27.3 Å². The van der Waals surface area contributed by atoms with Crippen molar-refractivity contribution in [2.24, 2.45) is 7.05 Å². The molecule has 1 heterocycles. The van der Waals surface area contributed by atoms with Gasteiger partial charge in [-0.15, -0.1) is 6.58 Å². The van der Waals surface area contributed by atoms with Crippen LogP contribution in [-0.4, -0.2) is 26.8 Å². The normalized spacial score (nSPS) is 11.7. The minimum atomic E-state index is -0.211. The lowest BCUT2D eigenvalue weighted by Gasteiger charge is -2.15. The Hall–Kier alpha value is -2.63. The second-order valence-corrected chi connectivity index (χ2v) is 5.05. The molecule has 22 heavy (non-hydrogen) atoms. The number of aryl methyl sites for hydroxylation is 1. The van der Waals surface area contributed by atoms with Crippen LogP contribution in [0.2, 0.25) is 0 Å². The van der Waals surface area contributed by atoms with Gasteiger partial charge >= 0.3 is 6.03 Å². The summed E-state index contributed by atoms with van der Waals surface area (Å²) in [5.74, 6) is 0.663. The third-order valence-corrected chi connectivity index (χ3v) is 3.28. The average molecular weight is 299 g/mol. The molecule has 2 rings (SSSR count). The molecule has 1 atom stereocenters. The van der Waals surface area contributed by atoms with Gasteiger partial charge in [-0.1, -0.05) is 13.0 Å². The van der Waals surface area contributed by atoms with Crippen LogP contribution in [0.1, 0.15) is 19.8 Å². The van der Waals surface area contributed by atoms with Crippen molar-refractivity contribution < 1.29 is 4.79 Å². The van der Waals surface area contributed by atoms with E-state index in [1.807, 2.05) is 44.3 Å². The van der Waals surface area contributed by atoms with Gasteiger partial charge in [-0.3, -0.25) is 4.68 Å². The molecule has 0 aliphatic heterocycles. The molecule has 1 aromatic heterocycles. The Morgan fingerprint density at radius 1 is 1.41 bits per heavy atom. The summed E-state index contributed by atoms with van der Waals surface area (Å²) >= 11 is 0. The van der Waals surface area contributed by atoms with Gasteiger partial charge in [0.15, 0.2) is 5.82 Å². The summed E-state index contributed by atoms with van der Waals surface area (Å²) in [6, 6.07) is 7.32. The van der Waals surface area contributed by atoms with Gasteiger partial charge < -0.3 is 10.6 Å². The van der Waals surface area contributed by atoms with Crippen LogP contribution in [0.3, 0.4) is 0 Å². The van der Waals surface area contributed by atoms with Gasteiger partial charge in [0.25, 0.3) is 0 Å². The first kappa shape index (κ1) is 15.8. The van der Waals surface area contributed by atoms with E-state index in [4.69, 9.17) is 0 Å². The quantitative estimate of drug-likeness (QED) is 0.806. The lowest BCUT2D eigenvalue weighted by molar-refractivity contribution is 0.248. The van der Waals surface area contributed by atoms with Crippen LogP contribution in [0.5, 0.6) is 0 Å². The molecule has 6 heteroatoms. The van der Waals surface area contributed by atoms with E-state index < -0.39 is 0 Å².